The van der Waals surface area contributed by atoms with Crippen LogP contribution in [0.1, 0.15) is 41.6 Å². The predicted molar refractivity (Wildman–Crippen MR) is 95.2 cm³/mol. The molecule has 0 aliphatic heterocycles. The number of benzene rings is 2. The van der Waals surface area contributed by atoms with Gasteiger partial charge in [-0.3, -0.25) is 0 Å². The molecule has 0 aromatic heterocycles. The maximum absolute atomic E-state index is 6.44. The molecule has 2 aromatic carbocycles. The van der Waals surface area contributed by atoms with E-state index in [4.69, 9.17) is 11.6 Å². The molecule has 0 fully saturated rings. The van der Waals surface area contributed by atoms with E-state index in [-0.39, 0.29) is 6.04 Å². The highest BCUT2D eigenvalue weighted by Gasteiger charge is 2.18. The Morgan fingerprint density at radius 3 is 2.52 bits per heavy atom. The van der Waals surface area contributed by atoms with Gasteiger partial charge in [-0.05, 0) is 61.7 Å². The van der Waals surface area contributed by atoms with Crippen LogP contribution in [0.5, 0.6) is 0 Å². The van der Waals surface area contributed by atoms with Gasteiger partial charge in [0.1, 0.15) is 0 Å². The van der Waals surface area contributed by atoms with Crippen LogP contribution in [0, 0.1) is 13.8 Å². The minimum atomic E-state index is 0.121. The fraction of sp³-hybridized carbons (Fsp3) is 0.333. The highest BCUT2D eigenvalue weighted by Crippen LogP contribution is 2.32. The lowest BCUT2D eigenvalue weighted by atomic mass is 9.93. The van der Waals surface area contributed by atoms with E-state index in [1.807, 2.05) is 12.1 Å². The molecule has 1 atom stereocenters. The Hall–Kier alpha value is -0.830. The van der Waals surface area contributed by atoms with Crippen LogP contribution in [0.4, 0.5) is 0 Å². The van der Waals surface area contributed by atoms with Gasteiger partial charge in [0.15, 0.2) is 0 Å². The summed E-state index contributed by atoms with van der Waals surface area (Å²) in [6, 6.07) is 12.7. The van der Waals surface area contributed by atoms with Crippen molar-refractivity contribution in [3.63, 3.8) is 0 Å². The molecule has 0 aliphatic carbocycles. The van der Waals surface area contributed by atoms with Crippen LogP contribution in [0.15, 0.2) is 40.9 Å². The summed E-state index contributed by atoms with van der Waals surface area (Å²) in [6.07, 6.45) is 1.09. The third kappa shape index (κ3) is 4.09. The largest absolute Gasteiger partial charge is 0.306 e. The molecule has 1 nitrogen and oxygen atoms in total. The summed E-state index contributed by atoms with van der Waals surface area (Å²) < 4.78 is 1.05. The van der Waals surface area contributed by atoms with Gasteiger partial charge >= 0.3 is 0 Å². The van der Waals surface area contributed by atoms with E-state index in [0.717, 1.165) is 28.0 Å². The van der Waals surface area contributed by atoms with E-state index >= 15 is 0 Å². The first-order valence-corrected chi connectivity index (χ1v) is 8.45. The Morgan fingerprint density at radius 1 is 1.10 bits per heavy atom. The lowest BCUT2D eigenvalue weighted by Crippen LogP contribution is -2.24. The van der Waals surface area contributed by atoms with Crippen LogP contribution in [0.25, 0.3) is 0 Å². The van der Waals surface area contributed by atoms with E-state index in [2.05, 4.69) is 66.3 Å². The van der Waals surface area contributed by atoms with E-state index in [0.29, 0.717) is 0 Å². The summed E-state index contributed by atoms with van der Waals surface area (Å²) >= 11 is 9.99. The molecule has 0 radical (unpaired) electrons. The van der Waals surface area contributed by atoms with E-state index in [9.17, 15) is 0 Å². The standard InChI is InChI=1S/C18H21BrClN/c1-4-9-21-18(15-7-5-12(2)10-13(15)3)16-11-14(19)6-8-17(16)20/h5-8,10-11,18,21H,4,9H2,1-3H3. The molecule has 2 aromatic rings. The quantitative estimate of drug-likeness (QED) is 0.704. The maximum atomic E-state index is 6.44. The van der Waals surface area contributed by atoms with Crippen molar-refractivity contribution < 1.29 is 0 Å². The Balaban J connectivity index is 2.49. The minimum Gasteiger partial charge on any atom is -0.306 e. The van der Waals surface area contributed by atoms with Gasteiger partial charge in [0, 0.05) is 9.50 Å². The molecular weight excluding hydrogens is 346 g/mol. The number of aryl methyl sites for hydroxylation is 2. The summed E-state index contributed by atoms with van der Waals surface area (Å²) in [4.78, 5) is 0. The lowest BCUT2D eigenvalue weighted by Gasteiger charge is -2.23. The number of hydrogen-bond donors (Lipinski definition) is 1. The number of halogens is 2. The first kappa shape index (κ1) is 16.5. The molecule has 0 saturated heterocycles. The Labute approximate surface area is 140 Å². The van der Waals surface area contributed by atoms with Crippen molar-refractivity contribution in [2.24, 2.45) is 0 Å². The molecule has 0 aliphatic rings. The van der Waals surface area contributed by atoms with Gasteiger partial charge in [-0.2, -0.15) is 0 Å². The SMILES string of the molecule is CCCNC(c1ccc(C)cc1C)c1cc(Br)ccc1Cl. The van der Waals surface area contributed by atoms with Crippen LogP contribution in [0.3, 0.4) is 0 Å². The van der Waals surface area contributed by atoms with Crippen LogP contribution >= 0.6 is 27.5 Å². The van der Waals surface area contributed by atoms with E-state index < -0.39 is 0 Å². The highest BCUT2D eigenvalue weighted by atomic mass is 79.9. The van der Waals surface area contributed by atoms with Crippen LogP contribution in [-0.4, -0.2) is 6.54 Å². The first-order valence-electron chi connectivity index (χ1n) is 7.28. The zero-order chi connectivity index (χ0) is 15.4. The molecule has 0 heterocycles. The molecular formula is C18H21BrClN. The van der Waals surface area contributed by atoms with E-state index in [1.54, 1.807) is 0 Å². The van der Waals surface area contributed by atoms with Crippen molar-refractivity contribution in [1.29, 1.82) is 0 Å². The minimum absolute atomic E-state index is 0.121. The highest BCUT2D eigenvalue weighted by molar-refractivity contribution is 9.10. The Kier molecular flexibility index (Phi) is 5.86. The first-order chi connectivity index (χ1) is 10.0. The summed E-state index contributed by atoms with van der Waals surface area (Å²) in [6.45, 7) is 7.42. The van der Waals surface area contributed by atoms with Crippen molar-refractivity contribution in [2.75, 3.05) is 6.54 Å². The molecule has 0 saturated carbocycles. The molecule has 1 N–H and O–H groups in total. The zero-order valence-electron chi connectivity index (χ0n) is 12.7. The second-order valence-corrected chi connectivity index (χ2v) is 6.74. The third-order valence-corrected chi connectivity index (χ3v) is 4.44. The third-order valence-electron chi connectivity index (χ3n) is 3.60. The van der Waals surface area contributed by atoms with Crippen LogP contribution in [0.2, 0.25) is 5.02 Å². The zero-order valence-corrected chi connectivity index (χ0v) is 15.1. The molecule has 2 rings (SSSR count). The van der Waals surface area contributed by atoms with Crippen molar-refractivity contribution >= 4 is 27.5 Å². The molecule has 112 valence electrons. The summed E-state index contributed by atoms with van der Waals surface area (Å²) in [5, 5.41) is 4.42. The average Bonchev–Trinajstić information content (AvgIpc) is 2.44. The monoisotopic (exact) mass is 365 g/mol. The van der Waals surface area contributed by atoms with Gasteiger partial charge in [-0.1, -0.05) is 58.2 Å². The Morgan fingerprint density at radius 2 is 1.86 bits per heavy atom. The second kappa shape index (κ2) is 7.44. The van der Waals surface area contributed by atoms with Gasteiger partial charge in [0.25, 0.3) is 0 Å². The topological polar surface area (TPSA) is 12.0 Å². The molecule has 21 heavy (non-hydrogen) atoms. The summed E-state index contributed by atoms with van der Waals surface area (Å²) in [7, 11) is 0. The van der Waals surface area contributed by atoms with Crippen LogP contribution < -0.4 is 5.32 Å². The molecule has 0 spiro atoms. The fourth-order valence-corrected chi connectivity index (χ4v) is 3.17. The van der Waals surface area contributed by atoms with Gasteiger partial charge in [0.05, 0.1) is 6.04 Å². The molecule has 0 amide bonds. The van der Waals surface area contributed by atoms with Crippen LogP contribution in [-0.2, 0) is 0 Å². The van der Waals surface area contributed by atoms with Crippen molar-refractivity contribution in [2.45, 2.75) is 33.2 Å². The average molecular weight is 367 g/mol. The van der Waals surface area contributed by atoms with Gasteiger partial charge in [-0.25, -0.2) is 0 Å². The van der Waals surface area contributed by atoms with Gasteiger partial charge in [0.2, 0.25) is 0 Å². The lowest BCUT2D eigenvalue weighted by molar-refractivity contribution is 0.596. The predicted octanol–water partition coefficient (Wildman–Crippen LogP) is 5.81. The number of hydrogen-bond acceptors (Lipinski definition) is 1. The maximum Gasteiger partial charge on any atom is 0.0594 e. The van der Waals surface area contributed by atoms with Gasteiger partial charge in [-0.15, -0.1) is 0 Å². The van der Waals surface area contributed by atoms with Crippen molar-refractivity contribution in [1.82, 2.24) is 5.32 Å². The Bertz CT molecular complexity index is 625. The number of nitrogens with one attached hydrogen (secondary N) is 1. The normalized spacial score (nSPS) is 12.4. The fourth-order valence-electron chi connectivity index (χ4n) is 2.56. The van der Waals surface area contributed by atoms with E-state index in [1.165, 1.54) is 16.7 Å². The van der Waals surface area contributed by atoms with Crippen molar-refractivity contribution in [3.8, 4) is 0 Å². The second-order valence-electron chi connectivity index (χ2n) is 5.41. The van der Waals surface area contributed by atoms with Crippen molar-refractivity contribution in [3.05, 3.63) is 68.1 Å². The molecule has 3 heteroatoms. The number of rotatable bonds is 5. The summed E-state index contributed by atoms with van der Waals surface area (Å²) in [5.74, 6) is 0. The smallest absolute Gasteiger partial charge is 0.0594 e. The molecule has 0 bridgehead atoms. The summed E-state index contributed by atoms with van der Waals surface area (Å²) in [5.41, 5.74) is 4.98. The molecule has 1 unspecified atom stereocenters. The van der Waals surface area contributed by atoms with Gasteiger partial charge < -0.3 is 5.32 Å².